The molecule has 11 nitrogen and oxygen atoms in total. The number of amides is 3. The topological polar surface area (TPSA) is 135 Å². The first-order valence-electron chi connectivity index (χ1n) is 17.6. The molecule has 0 unspecified atom stereocenters. The number of aliphatic hydroxyl groups excluding tert-OH is 1. The highest BCUT2D eigenvalue weighted by Gasteiger charge is 2.76. The molecule has 3 amide bonds. The molecule has 3 aliphatic rings. The van der Waals surface area contributed by atoms with Crippen molar-refractivity contribution in [2.75, 3.05) is 31.7 Å². The van der Waals surface area contributed by atoms with Crippen LogP contribution >= 0.6 is 0 Å². The maximum absolute atomic E-state index is 15.0. The lowest BCUT2D eigenvalue weighted by Crippen LogP contribution is -2.57. The standard InChI is InChI=1S/C41H45N3O8/c1-4-6-17-34(46)42-25-33(28-15-11-8-12-16-28)51-40(49)35-32-22-23-41(52-32)36(35)38(47)44(31(26-45)27-13-9-7-10-14-27)37(41)39(48)43(24-5-2)29-18-20-30(50-3)21-19-29/h4-5,7-16,18-21,31-33,35-37,45H,1-2,6,17,22-26H2,3H3,(H,42,46)/t31-,32+,33+,35-,36-,37+,41-/m1/s1. The van der Waals surface area contributed by atoms with Crippen molar-refractivity contribution in [1.29, 1.82) is 0 Å². The first-order valence-corrected chi connectivity index (χ1v) is 17.6. The van der Waals surface area contributed by atoms with Crippen LogP contribution in [0, 0.1) is 11.8 Å². The average Bonchev–Trinajstić information content (AvgIpc) is 3.83. The number of anilines is 1. The molecule has 0 saturated carbocycles. The van der Waals surface area contributed by atoms with Gasteiger partial charge in [-0.2, -0.15) is 0 Å². The van der Waals surface area contributed by atoms with Gasteiger partial charge in [-0.05, 0) is 54.7 Å². The van der Waals surface area contributed by atoms with E-state index in [0.29, 0.717) is 41.8 Å². The normalized spacial score (nSPS) is 24.0. The van der Waals surface area contributed by atoms with E-state index in [2.05, 4.69) is 18.5 Å². The molecule has 272 valence electrons. The van der Waals surface area contributed by atoms with Gasteiger partial charge < -0.3 is 34.4 Å². The first-order chi connectivity index (χ1) is 25.3. The van der Waals surface area contributed by atoms with Crippen molar-refractivity contribution in [2.24, 2.45) is 11.8 Å². The fourth-order valence-electron chi connectivity index (χ4n) is 8.01. The van der Waals surface area contributed by atoms with Crippen molar-refractivity contribution < 1.29 is 38.5 Å². The third kappa shape index (κ3) is 6.86. The Morgan fingerprint density at radius 3 is 2.31 bits per heavy atom. The summed E-state index contributed by atoms with van der Waals surface area (Å²) in [6.45, 7) is 7.24. The zero-order valence-corrected chi connectivity index (χ0v) is 29.3. The van der Waals surface area contributed by atoms with Gasteiger partial charge in [0.25, 0.3) is 5.91 Å². The summed E-state index contributed by atoms with van der Waals surface area (Å²) in [5.41, 5.74) is 0.507. The summed E-state index contributed by atoms with van der Waals surface area (Å²) < 4.78 is 18.2. The number of hydrogen-bond donors (Lipinski definition) is 2. The van der Waals surface area contributed by atoms with Gasteiger partial charge >= 0.3 is 5.97 Å². The number of fused-ring (bicyclic) bond motifs is 1. The molecule has 1 spiro atoms. The zero-order chi connectivity index (χ0) is 36.8. The fourth-order valence-corrected chi connectivity index (χ4v) is 8.01. The summed E-state index contributed by atoms with van der Waals surface area (Å²) in [4.78, 5) is 59.8. The van der Waals surface area contributed by atoms with E-state index in [1.807, 2.05) is 36.4 Å². The lowest BCUT2D eigenvalue weighted by molar-refractivity contribution is -0.161. The van der Waals surface area contributed by atoms with E-state index in [4.69, 9.17) is 14.2 Å². The molecule has 0 aliphatic carbocycles. The summed E-state index contributed by atoms with van der Waals surface area (Å²) >= 11 is 0. The molecule has 3 aliphatic heterocycles. The third-order valence-corrected chi connectivity index (χ3v) is 10.4. The number of benzene rings is 3. The molecule has 2 N–H and O–H groups in total. The van der Waals surface area contributed by atoms with Crippen LogP contribution in [0.25, 0.3) is 0 Å². The summed E-state index contributed by atoms with van der Waals surface area (Å²) in [5.74, 6) is -3.20. The molecule has 3 aromatic rings. The van der Waals surface area contributed by atoms with E-state index in [1.54, 1.807) is 67.8 Å². The molecule has 0 radical (unpaired) electrons. The average molecular weight is 708 g/mol. The smallest absolute Gasteiger partial charge is 0.313 e. The van der Waals surface area contributed by atoms with Crippen molar-refractivity contribution in [3.8, 4) is 5.75 Å². The highest BCUT2D eigenvalue weighted by atomic mass is 16.6. The van der Waals surface area contributed by atoms with Crippen molar-refractivity contribution in [3.05, 3.63) is 121 Å². The number of aliphatic hydroxyl groups is 1. The molecule has 3 heterocycles. The van der Waals surface area contributed by atoms with Crippen LogP contribution in [0.15, 0.2) is 110 Å². The quantitative estimate of drug-likeness (QED) is 0.162. The second kappa shape index (κ2) is 16.0. The number of allylic oxidation sites excluding steroid dienone is 1. The van der Waals surface area contributed by atoms with Crippen LogP contribution in [0.1, 0.15) is 49.0 Å². The summed E-state index contributed by atoms with van der Waals surface area (Å²) in [5, 5.41) is 13.7. The number of carbonyl (C=O) groups excluding carboxylic acids is 4. The minimum Gasteiger partial charge on any atom is -0.497 e. The number of nitrogens with one attached hydrogen (secondary N) is 1. The molecule has 6 rings (SSSR count). The van der Waals surface area contributed by atoms with Crippen LogP contribution in [-0.2, 0) is 28.7 Å². The van der Waals surface area contributed by atoms with Crippen LogP contribution in [0.5, 0.6) is 5.75 Å². The maximum Gasteiger partial charge on any atom is 0.313 e. The molecular formula is C41H45N3O8. The molecule has 52 heavy (non-hydrogen) atoms. The van der Waals surface area contributed by atoms with Gasteiger partial charge in [-0.3, -0.25) is 19.2 Å². The van der Waals surface area contributed by atoms with E-state index >= 15 is 4.79 Å². The number of hydrogen-bond acceptors (Lipinski definition) is 8. The van der Waals surface area contributed by atoms with Crippen molar-refractivity contribution in [1.82, 2.24) is 10.2 Å². The Bertz CT molecular complexity index is 1770. The highest BCUT2D eigenvalue weighted by Crippen LogP contribution is 2.60. The molecule has 3 saturated heterocycles. The van der Waals surface area contributed by atoms with E-state index < -0.39 is 66.1 Å². The van der Waals surface area contributed by atoms with Gasteiger partial charge in [0.15, 0.2) is 0 Å². The number of ether oxygens (including phenoxy) is 3. The molecule has 3 fully saturated rings. The predicted octanol–water partition coefficient (Wildman–Crippen LogP) is 4.69. The Morgan fingerprint density at radius 2 is 1.69 bits per heavy atom. The monoisotopic (exact) mass is 707 g/mol. The molecule has 11 heteroatoms. The van der Waals surface area contributed by atoms with Gasteiger partial charge in [0.1, 0.15) is 23.5 Å². The summed E-state index contributed by atoms with van der Waals surface area (Å²) in [6, 6.07) is 23.0. The van der Waals surface area contributed by atoms with Gasteiger partial charge in [0, 0.05) is 18.7 Å². The van der Waals surface area contributed by atoms with Crippen molar-refractivity contribution >= 4 is 29.4 Å². The van der Waals surface area contributed by atoms with Crippen molar-refractivity contribution in [2.45, 2.75) is 55.6 Å². The van der Waals surface area contributed by atoms with Crippen molar-refractivity contribution in [3.63, 3.8) is 0 Å². The lowest BCUT2D eigenvalue weighted by Gasteiger charge is -2.39. The maximum atomic E-state index is 15.0. The number of esters is 1. The fraction of sp³-hybridized carbons (Fsp3) is 0.366. The Kier molecular flexibility index (Phi) is 11.2. The Morgan fingerprint density at radius 1 is 1.02 bits per heavy atom. The van der Waals surface area contributed by atoms with E-state index in [1.165, 1.54) is 9.80 Å². The third-order valence-electron chi connectivity index (χ3n) is 10.4. The largest absolute Gasteiger partial charge is 0.497 e. The first kappa shape index (κ1) is 36.5. The predicted molar refractivity (Wildman–Crippen MR) is 194 cm³/mol. The van der Waals surface area contributed by atoms with E-state index in [-0.39, 0.29) is 25.4 Å². The zero-order valence-electron chi connectivity index (χ0n) is 29.3. The van der Waals surface area contributed by atoms with E-state index in [9.17, 15) is 19.5 Å². The van der Waals surface area contributed by atoms with Gasteiger partial charge in [-0.25, -0.2) is 0 Å². The summed E-state index contributed by atoms with van der Waals surface area (Å²) in [6.07, 6.45) is 3.28. The van der Waals surface area contributed by atoms with E-state index in [0.717, 1.165) is 0 Å². The molecule has 7 atom stereocenters. The number of carbonyl (C=O) groups is 4. The Hall–Kier alpha value is -5.26. The lowest BCUT2D eigenvalue weighted by atomic mass is 9.70. The summed E-state index contributed by atoms with van der Waals surface area (Å²) in [7, 11) is 1.56. The Balaban J connectivity index is 1.37. The van der Waals surface area contributed by atoms with Crippen LogP contribution in [0.2, 0.25) is 0 Å². The van der Waals surface area contributed by atoms with Gasteiger partial charge in [-0.15, -0.1) is 13.2 Å². The highest BCUT2D eigenvalue weighted by molar-refractivity contribution is 6.05. The molecular weight excluding hydrogens is 662 g/mol. The SMILES string of the molecule is C=CCCC(=O)NC[C@H](OC(=O)[C@@H]1[C@@H]2CC[C@]3(O2)[C@H](C(=O)N(CC=C)c2ccc(OC)cc2)N([C@H](CO)c2ccccc2)C(=O)[C@@H]13)c1ccccc1. The van der Waals surface area contributed by atoms with Crippen LogP contribution < -0.4 is 15.0 Å². The molecule has 2 bridgehead atoms. The van der Waals surface area contributed by atoms with Crippen LogP contribution in [0.4, 0.5) is 5.69 Å². The minimum atomic E-state index is -1.36. The van der Waals surface area contributed by atoms with Crippen LogP contribution in [0.3, 0.4) is 0 Å². The second-order valence-electron chi connectivity index (χ2n) is 13.3. The molecule has 3 aromatic carbocycles. The van der Waals surface area contributed by atoms with Gasteiger partial charge in [-0.1, -0.05) is 72.8 Å². The second-order valence-corrected chi connectivity index (χ2v) is 13.3. The number of likely N-dealkylation sites (tertiary alicyclic amines) is 1. The minimum absolute atomic E-state index is 0.0277. The number of nitrogens with zero attached hydrogens (tertiary/aromatic N) is 2. The number of rotatable bonds is 16. The van der Waals surface area contributed by atoms with Gasteiger partial charge in [0.2, 0.25) is 11.8 Å². The van der Waals surface area contributed by atoms with Crippen LogP contribution in [-0.4, -0.2) is 78.3 Å². The number of methoxy groups -OCH3 is 1. The van der Waals surface area contributed by atoms with Gasteiger partial charge in [0.05, 0.1) is 44.2 Å². The Labute approximate surface area is 303 Å². The molecule has 0 aromatic heterocycles.